The molecule has 0 fully saturated rings. The van der Waals surface area contributed by atoms with Gasteiger partial charge in [0.1, 0.15) is 5.82 Å². The van der Waals surface area contributed by atoms with Gasteiger partial charge in [-0.25, -0.2) is 4.39 Å². The van der Waals surface area contributed by atoms with Crippen molar-refractivity contribution >= 4 is 23.0 Å². The van der Waals surface area contributed by atoms with E-state index < -0.39 is 0 Å². The molecule has 0 unspecified atom stereocenters. The minimum atomic E-state index is -0.279. The zero-order valence-corrected chi connectivity index (χ0v) is 13.6. The molecule has 2 N–H and O–H groups in total. The topological polar surface area (TPSA) is 37.0 Å². The largest absolute Gasteiger partial charge is 0.352 e. The van der Waals surface area contributed by atoms with E-state index in [0.29, 0.717) is 5.11 Å². The maximum atomic E-state index is 13.0. The monoisotopic (exact) mass is 337 g/mol. The first-order valence-electron chi connectivity index (χ1n) is 7.50. The molecule has 1 heterocycles. The lowest BCUT2D eigenvalue weighted by molar-refractivity contribution is 0.628. The van der Waals surface area contributed by atoms with Crippen LogP contribution in [0.4, 0.5) is 10.1 Å². The summed E-state index contributed by atoms with van der Waals surface area (Å²) in [5, 5.41) is 6.85. The minimum absolute atomic E-state index is 0.102. The molecule has 0 aliphatic heterocycles. The summed E-state index contributed by atoms with van der Waals surface area (Å²) in [5.41, 5.74) is 2.88. The van der Waals surface area contributed by atoms with Crippen LogP contribution in [0.1, 0.15) is 17.2 Å². The van der Waals surface area contributed by atoms with Crippen LogP contribution in [0, 0.1) is 5.82 Å². The fourth-order valence-electron chi connectivity index (χ4n) is 2.39. The Bertz CT molecular complexity index is 752. The molecule has 1 aromatic heterocycles. The highest BCUT2D eigenvalue weighted by Gasteiger charge is 2.15. The standard InChI is InChI=1S/C19H16FN3S/c20-16-6-8-17(9-7-16)22-19(24)23-18(14-4-2-1-3-5-14)15-10-12-21-13-11-15/h1-13,18H,(H2,22,23,24)/t18-/m1/s1. The second kappa shape index (κ2) is 7.66. The molecule has 0 radical (unpaired) electrons. The number of halogens is 1. The third-order valence-corrected chi connectivity index (χ3v) is 3.77. The van der Waals surface area contributed by atoms with Crippen LogP contribution in [0.15, 0.2) is 79.1 Å². The molecule has 120 valence electrons. The lowest BCUT2D eigenvalue weighted by Crippen LogP contribution is -2.33. The molecule has 3 nitrogen and oxygen atoms in total. The molecule has 3 rings (SSSR count). The van der Waals surface area contributed by atoms with Gasteiger partial charge in [-0.15, -0.1) is 0 Å². The number of hydrogen-bond acceptors (Lipinski definition) is 2. The van der Waals surface area contributed by atoms with Gasteiger partial charge in [-0.2, -0.15) is 0 Å². The predicted octanol–water partition coefficient (Wildman–Crippen LogP) is 4.30. The number of rotatable bonds is 4. The highest BCUT2D eigenvalue weighted by atomic mass is 32.1. The zero-order valence-electron chi connectivity index (χ0n) is 12.8. The SMILES string of the molecule is Fc1ccc(NC(=S)N[C@H](c2ccccc2)c2ccncc2)cc1. The van der Waals surface area contributed by atoms with E-state index in [0.717, 1.165) is 16.8 Å². The molecule has 0 saturated carbocycles. The average Bonchev–Trinajstić information content (AvgIpc) is 2.63. The van der Waals surface area contributed by atoms with Gasteiger partial charge in [0, 0.05) is 18.1 Å². The molecule has 0 saturated heterocycles. The molecule has 24 heavy (non-hydrogen) atoms. The van der Waals surface area contributed by atoms with Gasteiger partial charge in [0.2, 0.25) is 0 Å². The van der Waals surface area contributed by atoms with Gasteiger partial charge in [0.05, 0.1) is 6.04 Å². The maximum absolute atomic E-state index is 13.0. The van der Waals surface area contributed by atoms with Crippen LogP contribution < -0.4 is 10.6 Å². The second-order valence-corrected chi connectivity index (χ2v) is 5.64. The molecule has 0 bridgehead atoms. The predicted molar refractivity (Wildman–Crippen MR) is 98.3 cm³/mol. The first-order chi connectivity index (χ1) is 11.7. The first kappa shape index (κ1) is 16.1. The summed E-state index contributed by atoms with van der Waals surface area (Å²) in [6, 6.07) is 19.9. The van der Waals surface area contributed by atoms with E-state index in [1.165, 1.54) is 12.1 Å². The minimum Gasteiger partial charge on any atom is -0.352 e. The van der Waals surface area contributed by atoms with Crippen LogP contribution in [-0.4, -0.2) is 10.1 Å². The fraction of sp³-hybridized carbons (Fsp3) is 0.0526. The number of anilines is 1. The normalized spacial score (nSPS) is 11.5. The third kappa shape index (κ3) is 4.14. The quantitative estimate of drug-likeness (QED) is 0.696. The van der Waals surface area contributed by atoms with Crippen molar-refractivity contribution in [2.45, 2.75) is 6.04 Å². The van der Waals surface area contributed by atoms with Gasteiger partial charge in [-0.05, 0) is 59.7 Å². The van der Waals surface area contributed by atoms with E-state index in [2.05, 4.69) is 15.6 Å². The molecular weight excluding hydrogens is 321 g/mol. The van der Waals surface area contributed by atoms with Crippen molar-refractivity contribution < 1.29 is 4.39 Å². The molecule has 0 amide bonds. The number of aromatic nitrogens is 1. The van der Waals surface area contributed by atoms with Crippen molar-refractivity contribution in [3.63, 3.8) is 0 Å². The Labute approximate surface area is 145 Å². The average molecular weight is 337 g/mol. The van der Waals surface area contributed by atoms with E-state index in [4.69, 9.17) is 12.2 Å². The fourth-order valence-corrected chi connectivity index (χ4v) is 2.63. The van der Waals surface area contributed by atoms with Crippen molar-refractivity contribution in [3.05, 3.63) is 96.1 Å². The molecule has 0 aliphatic rings. The van der Waals surface area contributed by atoms with Gasteiger partial charge in [0.15, 0.2) is 5.11 Å². The summed E-state index contributed by atoms with van der Waals surface area (Å²) in [7, 11) is 0. The Morgan fingerprint density at radius 2 is 1.50 bits per heavy atom. The number of hydrogen-bond donors (Lipinski definition) is 2. The van der Waals surface area contributed by atoms with Gasteiger partial charge in [0.25, 0.3) is 0 Å². The molecule has 0 aliphatic carbocycles. The highest BCUT2D eigenvalue weighted by Crippen LogP contribution is 2.21. The summed E-state index contributed by atoms with van der Waals surface area (Å²) < 4.78 is 13.0. The lowest BCUT2D eigenvalue weighted by Gasteiger charge is -2.22. The van der Waals surface area contributed by atoms with Gasteiger partial charge >= 0.3 is 0 Å². The van der Waals surface area contributed by atoms with Crippen LogP contribution in [-0.2, 0) is 0 Å². The summed E-state index contributed by atoms with van der Waals surface area (Å²) in [6.07, 6.45) is 3.51. The van der Waals surface area contributed by atoms with Crippen LogP contribution in [0.25, 0.3) is 0 Å². The van der Waals surface area contributed by atoms with E-state index in [9.17, 15) is 4.39 Å². The van der Waals surface area contributed by atoms with Crippen molar-refractivity contribution in [2.24, 2.45) is 0 Å². The van der Waals surface area contributed by atoms with E-state index in [1.807, 2.05) is 42.5 Å². The summed E-state index contributed by atoms with van der Waals surface area (Å²) in [6.45, 7) is 0. The zero-order chi connectivity index (χ0) is 16.8. The third-order valence-electron chi connectivity index (χ3n) is 3.55. The van der Waals surface area contributed by atoms with Gasteiger partial charge in [-0.1, -0.05) is 30.3 Å². The van der Waals surface area contributed by atoms with Crippen molar-refractivity contribution in [3.8, 4) is 0 Å². The van der Waals surface area contributed by atoms with E-state index in [1.54, 1.807) is 24.5 Å². The number of thiocarbonyl (C=S) groups is 1. The van der Waals surface area contributed by atoms with E-state index >= 15 is 0 Å². The van der Waals surface area contributed by atoms with Crippen LogP contribution in [0.5, 0.6) is 0 Å². The Morgan fingerprint density at radius 1 is 0.875 bits per heavy atom. The van der Waals surface area contributed by atoms with Gasteiger partial charge < -0.3 is 10.6 Å². The smallest absolute Gasteiger partial charge is 0.171 e. The highest BCUT2D eigenvalue weighted by molar-refractivity contribution is 7.80. The molecule has 2 aromatic carbocycles. The number of nitrogens with one attached hydrogen (secondary N) is 2. The molecule has 3 aromatic rings. The number of nitrogens with zero attached hydrogens (tertiary/aromatic N) is 1. The molecule has 5 heteroatoms. The second-order valence-electron chi connectivity index (χ2n) is 5.23. The first-order valence-corrected chi connectivity index (χ1v) is 7.91. The van der Waals surface area contributed by atoms with E-state index in [-0.39, 0.29) is 11.9 Å². The Balaban J connectivity index is 1.79. The van der Waals surface area contributed by atoms with Crippen molar-refractivity contribution in [1.29, 1.82) is 0 Å². The Morgan fingerprint density at radius 3 is 2.17 bits per heavy atom. The number of benzene rings is 2. The van der Waals surface area contributed by atoms with Crippen molar-refractivity contribution in [1.82, 2.24) is 10.3 Å². The lowest BCUT2D eigenvalue weighted by atomic mass is 10.00. The Kier molecular flexibility index (Phi) is 5.13. The van der Waals surface area contributed by atoms with Crippen LogP contribution >= 0.6 is 12.2 Å². The van der Waals surface area contributed by atoms with Crippen molar-refractivity contribution in [2.75, 3.05) is 5.32 Å². The summed E-state index contributed by atoms with van der Waals surface area (Å²) in [4.78, 5) is 4.06. The number of pyridine rings is 1. The maximum Gasteiger partial charge on any atom is 0.171 e. The van der Waals surface area contributed by atoms with Gasteiger partial charge in [-0.3, -0.25) is 4.98 Å². The molecular formula is C19H16FN3S. The molecule has 1 atom stereocenters. The van der Waals surface area contributed by atoms with Crippen LogP contribution in [0.3, 0.4) is 0 Å². The summed E-state index contributed by atoms with van der Waals surface area (Å²) in [5.74, 6) is -0.279. The summed E-state index contributed by atoms with van der Waals surface area (Å²) >= 11 is 5.41. The van der Waals surface area contributed by atoms with Crippen LogP contribution in [0.2, 0.25) is 0 Å². The molecule has 0 spiro atoms. The Hall–Kier alpha value is -2.79.